The number of carbonyl (C=O) groups is 1. The molecule has 0 aliphatic heterocycles. The smallest absolute Gasteiger partial charge is 0.257 e. The van der Waals surface area contributed by atoms with E-state index < -0.39 is 0 Å². The van der Waals surface area contributed by atoms with Crippen LogP contribution < -0.4 is 10.7 Å². The Morgan fingerprint density at radius 3 is 2.58 bits per heavy atom. The molecule has 2 heterocycles. The second-order valence-electron chi connectivity index (χ2n) is 8.14. The molecule has 3 aromatic carbocycles. The van der Waals surface area contributed by atoms with Gasteiger partial charge in [0.05, 0.1) is 15.6 Å². The van der Waals surface area contributed by atoms with Gasteiger partial charge in [0, 0.05) is 17.2 Å². The van der Waals surface area contributed by atoms with Crippen LogP contribution in [0.15, 0.2) is 69.9 Å². The SMILES string of the molecule is CCc1ccc2nc(NC(=O)c3ccc(-c4cc(=O)c5cc(C)cc(C)c5o4)cc3)sc2c1. The van der Waals surface area contributed by atoms with Gasteiger partial charge in [0.2, 0.25) is 0 Å². The van der Waals surface area contributed by atoms with Crippen LogP contribution in [0, 0.1) is 13.8 Å². The predicted molar refractivity (Wildman–Crippen MR) is 134 cm³/mol. The lowest BCUT2D eigenvalue weighted by atomic mass is 10.1. The number of hydrogen-bond donors (Lipinski definition) is 1. The first kappa shape index (κ1) is 21.1. The Kier molecular flexibility index (Phi) is 5.30. The van der Waals surface area contributed by atoms with Crippen LogP contribution in [-0.2, 0) is 6.42 Å². The van der Waals surface area contributed by atoms with E-state index in [-0.39, 0.29) is 11.3 Å². The Morgan fingerprint density at radius 1 is 1.03 bits per heavy atom. The summed E-state index contributed by atoms with van der Waals surface area (Å²) in [6.45, 7) is 6.00. The molecule has 0 spiro atoms. The summed E-state index contributed by atoms with van der Waals surface area (Å²) >= 11 is 1.46. The first-order valence-corrected chi connectivity index (χ1v) is 11.6. The summed E-state index contributed by atoms with van der Waals surface area (Å²) in [5, 5.41) is 4.03. The second kappa shape index (κ2) is 8.30. The van der Waals surface area contributed by atoms with Gasteiger partial charge in [-0.2, -0.15) is 0 Å². The molecule has 2 aromatic heterocycles. The number of anilines is 1. The molecule has 0 bridgehead atoms. The van der Waals surface area contributed by atoms with E-state index in [2.05, 4.69) is 29.4 Å². The second-order valence-corrected chi connectivity index (χ2v) is 9.17. The highest BCUT2D eigenvalue weighted by Crippen LogP contribution is 2.28. The van der Waals surface area contributed by atoms with E-state index in [1.807, 2.05) is 32.0 Å². The van der Waals surface area contributed by atoms with Gasteiger partial charge in [-0.25, -0.2) is 4.98 Å². The van der Waals surface area contributed by atoms with Gasteiger partial charge in [-0.05, 0) is 67.3 Å². The third-order valence-electron chi connectivity index (χ3n) is 5.67. The fraction of sp³-hybridized carbons (Fsp3) is 0.148. The van der Waals surface area contributed by atoms with Crippen molar-refractivity contribution in [2.45, 2.75) is 27.2 Å². The van der Waals surface area contributed by atoms with Crippen LogP contribution in [0.4, 0.5) is 5.13 Å². The van der Waals surface area contributed by atoms with Crippen molar-refractivity contribution in [1.29, 1.82) is 0 Å². The minimum atomic E-state index is -0.234. The van der Waals surface area contributed by atoms with Crippen LogP contribution in [0.1, 0.15) is 34.0 Å². The van der Waals surface area contributed by atoms with Crippen LogP contribution in [-0.4, -0.2) is 10.9 Å². The maximum atomic E-state index is 12.7. The van der Waals surface area contributed by atoms with Gasteiger partial charge < -0.3 is 4.42 Å². The molecule has 6 heteroatoms. The maximum Gasteiger partial charge on any atom is 0.257 e. The Hall–Kier alpha value is -3.77. The summed E-state index contributed by atoms with van der Waals surface area (Å²) in [4.78, 5) is 29.9. The lowest BCUT2D eigenvalue weighted by Crippen LogP contribution is -2.11. The summed E-state index contributed by atoms with van der Waals surface area (Å²) in [5.74, 6) is 0.243. The molecule has 164 valence electrons. The van der Waals surface area contributed by atoms with Crippen molar-refractivity contribution >= 4 is 43.6 Å². The van der Waals surface area contributed by atoms with Gasteiger partial charge in [0.1, 0.15) is 11.3 Å². The van der Waals surface area contributed by atoms with E-state index in [0.29, 0.717) is 27.4 Å². The standard InChI is InChI=1S/C27H22N2O3S/c1-4-17-5-10-21-24(13-17)33-27(28-21)29-26(31)19-8-6-18(7-9-19)23-14-22(30)20-12-15(2)11-16(3)25(20)32-23/h5-14H,4H2,1-3H3,(H,28,29,31). The highest BCUT2D eigenvalue weighted by molar-refractivity contribution is 7.22. The van der Waals surface area contributed by atoms with Gasteiger partial charge >= 0.3 is 0 Å². The lowest BCUT2D eigenvalue weighted by molar-refractivity contribution is 0.102. The number of nitrogens with zero attached hydrogens (tertiary/aromatic N) is 1. The zero-order valence-corrected chi connectivity index (χ0v) is 19.4. The van der Waals surface area contributed by atoms with Gasteiger partial charge in [-0.3, -0.25) is 14.9 Å². The van der Waals surface area contributed by atoms with E-state index in [4.69, 9.17) is 4.42 Å². The van der Waals surface area contributed by atoms with Crippen LogP contribution in [0.5, 0.6) is 0 Å². The normalized spacial score (nSPS) is 11.2. The van der Waals surface area contributed by atoms with Gasteiger partial charge in [-0.15, -0.1) is 0 Å². The third kappa shape index (κ3) is 4.05. The highest BCUT2D eigenvalue weighted by atomic mass is 32.1. The first-order chi connectivity index (χ1) is 15.9. The van der Waals surface area contributed by atoms with Crippen molar-refractivity contribution in [1.82, 2.24) is 4.98 Å². The number of amides is 1. The number of nitrogens with one attached hydrogen (secondary N) is 1. The predicted octanol–water partition coefficient (Wildman–Crippen LogP) is 6.50. The van der Waals surface area contributed by atoms with Gasteiger partial charge in [-0.1, -0.05) is 42.5 Å². The molecule has 5 nitrogen and oxygen atoms in total. The van der Waals surface area contributed by atoms with Crippen LogP contribution in [0.25, 0.3) is 32.5 Å². The molecule has 1 amide bonds. The average Bonchev–Trinajstić information content (AvgIpc) is 3.21. The van der Waals surface area contributed by atoms with E-state index in [1.54, 1.807) is 24.3 Å². The van der Waals surface area contributed by atoms with Gasteiger partial charge in [0.25, 0.3) is 5.91 Å². The maximum absolute atomic E-state index is 12.7. The zero-order chi connectivity index (χ0) is 23.1. The van der Waals surface area contributed by atoms with Crippen molar-refractivity contribution in [3.63, 3.8) is 0 Å². The van der Waals surface area contributed by atoms with Gasteiger partial charge in [0.15, 0.2) is 10.6 Å². The number of hydrogen-bond acceptors (Lipinski definition) is 5. The first-order valence-electron chi connectivity index (χ1n) is 10.8. The number of carbonyl (C=O) groups excluding carboxylic acids is 1. The quantitative estimate of drug-likeness (QED) is 0.336. The monoisotopic (exact) mass is 454 g/mol. The van der Waals surface area contributed by atoms with E-state index >= 15 is 0 Å². The minimum Gasteiger partial charge on any atom is -0.456 e. The molecule has 5 aromatic rings. The Morgan fingerprint density at radius 2 is 1.82 bits per heavy atom. The average molecular weight is 455 g/mol. The number of aromatic nitrogens is 1. The number of benzene rings is 3. The third-order valence-corrected chi connectivity index (χ3v) is 6.61. The Labute approximate surface area is 194 Å². The molecular formula is C27H22N2O3S. The molecular weight excluding hydrogens is 432 g/mol. The lowest BCUT2D eigenvalue weighted by Gasteiger charge is -2.07. The van der Waals surface area contributed by atoms with Crippen LogP contribution >= 0.6 is 11.3 Å². The largest absolute Gasteiger partial charge is 0.456 e. The molecule has 5 rings (SSSR count). The minimum absolute atomic E-state index is 0.0815. The van der Waals surface area contributed by atoms with Crippen molar-refractivity contribution in [2.24, 2.45) is 0 Å². The van der Waals surface area contributed by atoms with Crippen molar-refractivity contribution in [3.05, 3.63) is 93.1 Å². The van der Waals surface area contributed by atoms with Crippen LogP contribution in [0.2, 0.25) is 0 Å². The molecule has 0 fully saturated rings. The van der Waals surface area contributed by atoms with Crippen molar-refractivity contribution in [2.75, 3.05) is 5.32 Å². The summed E-state index contributed by atoms with van der Waals surface area (Å²) in [5.41, 5.74) is 5.80. The molecule has 33 heavy (non-hydrogen) atoms. The van der Waals surface area contributed by atoms with Crippen LogP contribution in [0.3, 0.4) is 0 Å². The number of thiazole rings is 1. The molecule has 0 radical (unpaired) electrons. The number of rotatable bonds is 4. The molecule has 0 atom stereocenters. The molecule has 0 aliphatic carbocycles. The molecule has 0 saturated heterocycles. The Bertz CT molecular complexity index is 1580. The number of fused-ring (bicyclic) bond motifs is 2. The fourth-order valence-electron chi connectivity index (χ4n) is 3.95. The fourth-order valence-corrected chi connectivity index (χ4v) is 4.87. The summed E-state index contributed by atoms with van der Waals surface area (Å²) in [7, 11) is 0. The highest BCUT2D eigenvalue weighted by Gasteiger charge is 2.13. The topological polar surface area (TPSA) is 72.2 Å². The van der Waals surface area contributed by atoms with E-state index in [9.17, 15) is 9.59 Å². The summed E-state index contributed by atoms with van der Waals surface area (Å²) in [6.07, 6.45) is 0.957. The number of aryl methyl sites for hydroxylation is 3. The Balaban J connectivity index is 1.40. The van der Waals surface area contributed by atoms with E-state index in [0.717, 1.165) is 33.3 Å². The summed E-state index contributed by atoms with van der Waals surface area (Å²) < 4.78 is 7.11. The molecule has 1 N–H and O–H groups in total. The van der Waals surface area contributed by atoms with Crippen molar-refractivity contribution in [3.8, 4) is 11.3 Å². The summed E-state index contributed by atoms with van der Waals surface area (Å²) in [6, 6.07) is 18.5. The zero-order valence-electron chi connectivity index (χ0n) is 18.6. The van der Waals surface area contributed by atoms with Crippen molar-refractivity contribution < 1.29 is 9.21 Å². The molecule has 0 unspecified atom stereocenters. The molecule has 0 saturated carbocycles. The van der Waals surface area contributed by atoms with E-state index in [1.165, 1.54) is 23.0 Å². The molecule has 0 aliphatic rings.